The van der Waals surface area contributed by atoms with Crippen molar-refractivity contribution in [3.05, 3.63) is 24.8 Å². The molecule has 1 heteroatoms. The van der Waals surface area contributed by atoms with Gasteiger partial charge in [0.2, 0.25) is 0 Å². The van der Waals surface area contributed by atoms with Crippen LogP contribution in [0.4, 0.5) is 0 Å². The molecule has 0 rings (SSSR count). The van der Waals surface area contributed by atoms with Crippen LogP contribution in [0.2, 0.25) is 0 Å². The van der Waals surface area contributed by atoms with Crippen molar-refractivity contribution in [2.24, 2.45) is 5.92 Å². The molecular formula is C9H16S. The quantitative estimate of drug-likeness (QED) is 0.564. The Balaban J connectivity index is 3.91. The first kappa shape index (κ1) is 9.83. The molecule has 0 nitrogen and oxygen atoms in total. The Morgan fingerprint density at radius 1 is 1.50 bits per heavy atom. The third-order valence-corrected chi connectivity index (χ3v) is 2.68. The van der Waals surface area contributed by atoms with Crippen molar-refractivity contribution in [3.8, 4) is 0 Å². The van der Waals surface area contributed by atoms with Gasteiger partial charge in [-0.1, -0.05) is 25.2 Å². The van der Waals surface area contributed by atoms with Crippen molar-refractivity contribution in [2.45, 2.75) is 19.1 Å². The van der Waals surface area contributed by atoms with Crippen LogP contribution >= 0.6 is 11.8 Å². The molecule has 0 radical (unpaired) electrons. The van der Waals surface area contributed by atoms with Crippen LogP contribution in [0, 0.1) is 5.92 Å². The summed E-state index contributed by atoms with van der Waals surface area (Å²) in [6.07, 6.45) is 8.45. The molecule has 0 amide bonds. The summed E-state index contributed by atoms with van der Waals surface area (Å²) in [5.74, 6) is 0.575. The van der Waals surface area contributed by atoms with Gasteiger partial charge >= 0.3 is 0 Å². The van der Waals surface area contributed by atoms with E-state index in [1.807, 2.05) is 17.8 Å². The minimum atomic E-state index is 0.575. The Morgan fingerprint density at radius 2 is 2.10 bits per heavy atom. The van der Waals surface area contributed by atoms with Crippen LogP contribution in [-0.2, 0) is 0 Å². The fourth-order valence-corrected chi connectivity index (χ4v) is 1.65. The maximum atomic E-state index is 3.76. The number of hydrogen-bond acceptors (Lipinski definition) is 1. The lowest BCUT2D eigenvalue weighted by molar-refractivity contribution is 0.763. The number of allylic oxidation sites excluding steroid dienone is 2. The van der Waals surface area contributed by atoms with Crippen molar-refractivity contribution in [3.63, 3.8) is 0 Å². The molecule has 0 aliphatic carbocycles. The monoisotopic (exact) mass is 156 g/mol. The SMILES string of the molecule is C=C[C@H](C)[C@@H](/C=C/C)SC. The molecule has 58 valence electrons. The summed E-state index contributed by atoms with van der Waals surface area (Å²) in [7, 11) is 0. The molecule has 0 saturated carbocycles. The van der Waals surface area contributed by atoms with Gasteiger partial charge in [0.1, 0.15) is 0 Å². The third-order valence-electron chi connectivity index (χ3n) is 1.54. The molecule has 0 unspecified atom stereocenters. The summed E-state index contributed by atoms with van der Waals surface area (Å²) in [5.41, 5.74) is 0. The molecule has 0 aliphatic rings. The lowest BCUT2D eigenvalue weighted by Gasteiger charge is -2.13. The molecule has 0 aliphatic heterocycles. The average Bonchev–Trinajstić information content (AvgIpc) is 1.99. The third kappa shape index (κ3) is 3.11. The first-order valence-corrected chi connectivity index (χ1v) is 4.83. The van der Waals surface area contributed by atoms with Crippen LogP contribution < -0.4 is 0 Å². The van der Waals surface area contributed by atoms with Gasteiger partial charge in [-0.05, 0) is 19.1 Å². The molecule has 0 aromatic heterocycles. The Bertz CT molecular complexity index is 116. The van der Waals surface area contributed by atoms with Crippen LogP contribution in [0.1, 0.15) is 13.8 Å². The van der Waals surface area contributed by atoms with Gasteiger partial charge in [-0.3, -0.25) is 0 Å². The van der Waals surface area contributed by atoms with Crippen LogP contribution in [0.25, 0.3) is 0 Å². The largest absolute Gasteiger partial charge is 0.157 e. The van der Waals surface area contributed by atoms with Gasteiger partial charge < -0.3 is 0 Å². The van der Waals surface area contributed by atoms with Crippen molar-refractivity contribution in [2.75, 3.05) is 6.26 Å². The lowest BCUT2D eigenvalue weighted by Crippen LogP contribution is -2.07. The van der Waals surface area contributed by atoms with E-state index in [1.54, 1.807) is 0 Å². The Kier molecular flexibility index (Phi) is 5.51. The predicted octanol–water partition coefficient (Wildman–Crippen LogP) is 3.12. The summed E-state index contributed by atoms with van der Waals surface area (Å²) in [6.45, 7) is 8.01. The van der Waals surface area contributed by atoms with Crippen molar-refractivity contribution >= 4 is 11.8 Å². The zero-order valence-electron chi connectivity index (χ0n) is 7.00. The van der Waals surface area contributed by atoms with Gasteiger partial charge in [0.15, 0.2) is 0 Å². The minimum Gasteiger partial charge on any atom is -0.157 e. The molecule has 0 aromatic rings. The van der Waals surface area contributed by atoms with E-state index in [2.05, 4.69) is 38.8 Å². The van der Waals surface area contributed by atoms with Crippen LogP contribution in [0.3, 0.4) is 0 Å². The first-order chi connectivity index (χ1) is 4.76. The second-order valence-corrected chi connectivity index (χ2v) is 3.34. The maximum Gasteiger partial charge on any atom is 0.0284 e. The highest BCUT2D eigenvalue weighted by molar-refractivity contribution is 7.99. The fourth-order valence-electron chi connectivity index (χ4n) is 0.792. The van der Waals surface area contributed by atoms with Gasteiger partial charge in [0, 0.05) is 5.25 Å². The highest BCUT2D eigenvalue weighted by atomic mass is 32.2. The minimum absolute atomic E-state index is 0.575. The van der Waals surface area contributed by atoms with Crippen LogP contribution in [0.15, 0.2) is 24.8 Å². The smallest absolute Gasteiger partial charge is 0.0284 e. The molecule has 0 spiro atoms. The maximum absolute atomic E-state index is 3.76. The highest BCUT2D eigenvalue weighted by Crippen LogP contribution is 2.18. The van der Waals surface area contributed by atoms with E-state index in [-0.39, 0.29) is 0 Å². The topological polar surface area (TPSA) is 0 Å². The molecule has 0 heterocycles. The predicted molar refractivity (Wildman–Crippen MR) is 51.5 cm³/mol. The highest BCUT2D eigenvalue weighted by Gasteiger charge is 2.07. The van der Waals surface area contributed by atoms with Gasteiger partial charge in [-0.2, -0.15) is 11.8 Å². The van der Waals surface area contributed by atoms with E-state index < -0.39 is 0 Å². The van der Waals surface area contributed by atoms with Gasteiger partial charge in [-0.25, -0.2) is 0 Å². The van der Waals surface area contributed by atoms with E-state index >= 15 is 0 Å². The second-order valence-electron chi connectivity index (χ2n) is 2.32. The number of hydrogen-bond donors (Lipinski definition) is 0. The van der Waals surface area contributed by atoms with Crippen molar-refractivity contribution < 1.29 is 0 Å². The van der Waals surface area contributed by atoms with Gasteiger partial charge in [0.05, 0.1) is 0 Å². The number of rotatable bonds is 4. The summed E-state index contributed by atoms with van der Waals surface area (Å²) in [6, 6.07) is 0. The summed E-state index contributed by atoms with van der Waals surface area (Å²) < 4.78 is 0. The molecule has 0 saturated heterocycles. The Hall–Kier alpha value is -0.170. The molecule has 0 N–H and O–H groups in total. The molecule has 10 heavy (non-hydrogen) atoms. The fraction of sp³-hybridized carbons (Fsp3) is 0.556. The zero-order chi connectivity index (χ0) is 7.98. The van der Waals surface area contributed by atoms with E-state index in [4.69, 9.17) is 0 Å². The molecular weight excluding hydrogens is 140 g/mol. The number of thioether (sulfide) groups is 1. The van der Waals surface area contributed by atoms with Gasteiger partial charge in [0.25, 0.3) is 0 Å². The van der Waals surface area contributed by atoms with Crippen molar-refractivity contribution in [1.29, 1.82) is 0 Å². The zero-order valence-corrected chi connectivity index (χ0v) is 7.82. The van der Waals surface area contributed by atoms with Crippen molar-refractivity contribution in [1.82, 2.24) is 0 Å². The summed E-state index contributed by atoms with van der Waals surface area (Å²) in [5, 5.41) is 0.600. The van der Waals surface area contributed by atoms with Crippen LogP contribution in [0.5, 0.6) is 0 Å². The van der Waals surface area contributed by atoms with E-state index in [0.717, 1.165) is 0 Å². The lowest BCUT2D eigenvalue weighted by atomic mass is 10.1. The summed E-state index contributed by atoms with van der Waals surface area (Å²) in [4.78, 5) is 0. The summed E-state index contributed by atoms with van der Waals surface area (Å²) >= 11 is 1.87. The molecule has 0 bridgehead atoms. The second kappa shape index (κ2) is 5.60. The Labute approximate surface area is 68.4 Å². The normalized spacial score (nSPS) is 17.1. The van der Waals surface area contributed by atoms with E-state index in [0.29, 0.717) is 11.2 Å². The molecule has 0 aromatic carbocycles. The standard InChI is InChI=1S/C9H16S/c1-5-7-9(10-4)8(3)6-2/h5-9H,2H2,1,3-4H3/b7-5+/t8-,9+/m0/s1. The average molecular weight is 156 g/mol. The molecule has 2 atom stereocenters. The Morgan fingerprint density at radius 3 is 2.40 bits per heavy atom. The van der Waals surface area contributed by atoms with Crippen LogP contribution in [-0.4, -0.2) is 11.5 Å². The molecule has 0 fully saturated rings. The van der Waals surface area contributed by atoms with E-state index in [1.165, 1.54) is 0 Å². The van der Waals surface area contributed by atoms with Gasteiger partial charge in [-0.15, -0.1) is 6.58 Å². The van der Waals surface area contributed by atoms with E-state index in [9.17, 15) is 0 Å². The first-order valence-electron chi connectivity index (χ1n) is 3.54.